The lowest BCUT2D eigenvalue weighted by atomic mass is 10.0. The first-order chi connectivity index (χ1) is 9.54. The number of nitrogen functional groups attached to an aromatic ring is 1. The van der Waals surface area contributed by atoms with Crippen molar-refractivity contribution in [1.29, 1.82) is 0 Å². The van der Waals surface area contributed by atoms with Crippen LogP contribution in [0, 0.1) is 12.8 Å². The summed E-state index contributed by atoms with van der Waals surface area (Å²) in [5.41, 5.74) is 8.87. The van der Waals surface area contributed by atoms with E-state index in [2.05, 4.69) is 32.0 Å². The van der Waals surface area contributed by atoms with E-state index in [0.717, 1.165) is 23.0 Å². The Morgan fingerprint density at radius 1 is 1.25 bits per heavy atom. The Hall–Kier alpha value is -2.23. The Balaban J connectivity index is 2.11. The van der Waals surface area contributed by atoms with Gasteiger partial charge in [-0.2, -0.15) is 0 Å². The standard InChI is InChI=1S/C16H18N2O2/c1-9(2)6-12-15(20-18-16(12)17)14-8-11-7-10(3)4-5-13(11)19-14/h4-5,7-9H,6H2,1-3H3,(H2,17,18). The number of rotatable bonds is 3. The number of hydrogen-bond donors (Lipinski definition) is 1. The molecule has 0 bridgehead atoms. The van der Waals surface area contributed by atoms with Gasteiger partial charge in [0, 0.05) is 10.9 Å². The molecule has 0 saturated heterocycles. The summed E-state index contributed by atoms with van der Waals surface area (Å²) in [5, 5.41) is 4.94. The molecule has 3 aromatic rings. The molecule has 0 amide bonds. The predicted octanol–water partition coefficient (Wildman–Crippen LogP) is 4.18. The Labute approximate surface area is 117 Å². The average Bonchev–Trinajstić information content (AvgIpc) is 2.93. The molecule has 4 nitrogen and oxygen atoms in total. The first-order valence-corrected chi connectivity index (χ1v) is 6.79. The highest BCUT2D eigenvalue weighted by Crippen LogP contribution is 2.34. The molecule has 0 fully saturated rings. The van der Waals surface area contributed by atoms with Crippen molar-refractivity contribution in [2.24, 2.45) is 5.92 Å². The molecule has 0 aliphatic carbocycles. The van der Waals surface area contributed by atoms with Gasteiger partial charge in [-0.05, 0) is 37.5 Å². The number of aromatic nitrogens is 1. The molecular formula is C16H18N2O2. The largest absolute Gasteiger partial charge is 0.453 e. The number of nitrogens with zero attached hydrogens (tertiary/aromatic N) is 1. The van der Waals surface area contributed by atoms with E-state index in [9.17, 15) is 0 Å². The van der Waals surface area contributed by atoms with Crippen LogP contribution in [0.4, 0.5) is 5.82 Å². The highest BCUT2D eigenvalue weighted by atomic mass is 16.5. The van der Waals surface area contributed by atoms with Crippen LogP contribution in [0.1, 0.15) is 25.0 Å². The molecule has 1 aromatic carbocycles. The maximum Gasteiger partial charge on any atom is 0.207 e. The molecule has 2 aromatic heterocycles. The summed E-state index contributed by atoms with van der Waals surface area (Å²) in [6.07, 6.45) is 0.820. The second-order valence-electron chi connectivity index (χ2n) is 5.63. The molecule has 3 rings (SSSR count). The van der Waals surface area contributed by atoms with Crippen LogP contribution in [0.3, 0.4) is 0 Å². The number of fused-ring (bicyclic) bond motifs is 1. The normalized spacial score (nSPS) is 11.6. The summed E-state index contributed by atoms with van der Waals surface area (Å²) in [7, 11) is 0. The third-order valence-corrected chi connectivity index (χ3v) is 3.33. The maximum atomic E-state index is 5.90. The van der Waals surface area contributed by atoms with E-state index < -0.39 is 0 Å². The Morgan fingerprint density at radius 3 is 2.80 bits per heavy atom. The number of furan rings is 1. The number of hydrogen-bond acceptors (Lipinski definition) is 4. The van der Waals surface area contributed by atoms with Crippen LogP contribution in [0.5, 0.6) is 0 Å². The smallest absolute Gasteiger partial charge is 0.207 e. The first-order valence-electron chi connectivity index (χ1n) is 6.79. The summed E-state index contributed by atoms with van der Waals surface area (Å²) < 4.78 is 11.2. The highest BCUT2D eigenvalue weighted by Gasteiger charge is 2.20. The molecule has 104 valence electrons. The van der Waals surface area contributed by atoms with E-state index in [1.54, 1.807) is 0 Å². The number of benzene rings is 1. The Morgan fingerprint density at radius 2 is 2.05 bits per heavy atom. The molecule has 4 heteroatoms. The molecule has 2 N–H and O–H groups in total. The minimum Gasteiger partial charge on any atom is -0.453 e. The van der Waals surface area contributed by atoms with Gasteiger partial charge in [0.05, 0.1) is 0 Å². The summed E-state index contributed by atoms with van der Waals surface area (Å²) in [6, 6.07) is 8.06. The zero-order valence-corrected chi connectivity index (χ0v) is 11.9. The minimum atomic E-state index is 0.449. The van der Waals surface area contributed by atoms with Crippen LogP contribution in [-0.4, -0.2) is 5.16 Å². The lowest BCUT2D eigenvalue weighted by Gasteiger charge is -2.03. The van der Waals surface area contributed by atoms with Gasteiger partial charge < -0.3 is 14.7 Å². The van der Waals surface area contributed by atoms with E-state index in [4.69, 9.17) is 14.7 Å². The Kier molecular flexibility index (Phi) is 3.01. The van der Waals surface area contributed by atoms with Crippen LogP contribution < -0.4 is 5.73 Å². The molecule has 2 heterocycles. The first kappa shape index (κ1) is 12.8. The van der Waals surface area contributed by atoms with Crippen LogP contribution in [0.2, 0.25) is 0 Å². The molecule has 0 spiro atoms. The van der Waals surface area contributed by atoms with Gasteiger partial charge >= 0.3 is 0 Å². The fourth-order valence-electron chi connectivity index (χ4n) is 2.40. The fourth-order valence-corrected chi connectivity index (χ4v) is 2.40. The molecule has 0 atom stereocenters. The Bertz CT molecular complexity index is 753. The summed E-state index contributed by atoms with van der Waals surface area (Å²) in [4.78, 5) is 0. The summed E-state index contributed by atoms with van der Waals surface area (Å²) in [5.74, 6) is 2.25. The quantitative estimate of drug-likeness (QED) is 0.775. The molecule has 0 aliphatic heterocycles. The average molecular weight is 270 g/mol. The predicted molar refractivity (Wildman–Crippen MR) is 79.4 cm³/mol. The van der Waals surface area contributed by atoms with E-state index in [1.165, 1.54) is 5.56 Å². The molecule has 0 aliphatic rings. The van der Waals surface area contributed by atoms with E-state index in [0.29, 0.717) is 23.3 Å². The van der Waals surface area contributed by atoms with E-state index in [1.807, 2.05) is 18.2 Å². The maximum absolute atomic E-state index is 5.90. The third-order valence-electron chi connectivity index (χ3n) is 3.33. The molecule has 0 saturated carbocycles. The molecule has 0 unspecified atom stereocenters. The van der Waals surface area contributed by atoms with Crippen LogP contribution in [-0.2, 0) is 6.42 Å². The van der Waals surface area contributed by atoms with Gasteiger partial charge in [-0.25, -0.2) is 0 Å². The van der Waals surface area contributed by atoms with Crippen LogP contribution >= 0.6 is 0 Å². The van der Waals surface area contributed by atoms with E-state index in [-0.39, 0.29) is 0 Å². The van der Waals surface area contributed by atoms with Crippen molar-refractivity contribution < 1.29 is 8.94 Å². The van der Waals surface area contributed by atoms with Gasteiger partial charge in [-0.15, -0.1) is 0 Å². The monoisotopic (exact) mass is 270 g/mol. The fraction of sp³-hybridized carbons (Fsp3) is 0.312. The number of anilines is 1. The van der Waals surface area contributed by atoms with Crippen molar-refractivity contribution in [3.63, 3.8) is 0 Å². The van der Waals surface area contributed by atoms with Gasteiger partial charge in [0.2, 0.25) is 5.76 Å². The van der Waals surface area contributed by atoms with Gasteiger partial charge in [-0.1, -0.05) is 30.6 Å². The zero-order valence-electron chi connectivity index (χ0n) is 11.9. The molecular weight excluding hydrogens is 252 g/mol. The minimum absolute atomic E-state index is 0.449. The van der Waals surface area contributed by atoms with Gasteiger partial charge in [0.1, 0.15) is 5.58 Å². The van der Waals surface area contributed by atoms with Crippen molar-refractivity contribution in [3.05, 3.63) is 35.4 Å². The second kappa shape index (κ2) is 4.71. The lowest BCUT2D eigenvalue weighted by Crippen LogP contribution is -1.98. The number of aryl methyl sites for hydroxylation is 1. The van der Waals surface area contributed by atoms with Gasteiger partial charge in [-0.3, -0.25) is 0 Å². The zero-order chi connectivity index (χ0) is 14.3. The van der Waals surface area contributed by atoms with E-state index >= 15 is 0 Å². The van der Waals surface area contributed by atoms with Crippen LogP contribution in [0.25, 0.3) is 22.5 Å². The summed E-state index contributed by atoms with van der Waals surface area (Å²) >= 11 is 0. The number of nitrogens with two attached hydrogens (primary N) is 1. The van der Waals surface area contributed by atoms with Gasteiger partial charge in [0.25, 0.3) is 0 Å². The van der Waals surface area contributed by atoms with Crippen molar-refractivity contribution in [1.82, 2.24) is 5.16 Å². The summed E-state index contributed by atoms with van der Waals surface area (Å²) in [6.45, 7) is 6.33. The topological polar surface area (TPSA) is 65.2 Å². The van der Waals surface area contributed by atoms with Crippen molar-refractivity contribution in [3.8, 4) is 11.5 Å². The second-order valence-corrected chi connectivity index (χ2v) is 5.63. The third kappa shape index (κ3) is 2.18. The molecule has 0 radical (unpaired) electrons. The lowest BCUT2D eigenvalue weighted by molar-refractivity contribution is 0.422. The SMILES string of the molecule is Cc1ccc2oc(-c3onc(N)c3CC(C)C)cc2c1. The molecule has 20 heavy (non-hydrogen) atoms. The van der Waals surface area contributed by atoms with Crippen molar-refractivity contribution >= 4 is 16.8 Å². The van der Waals surface area contributed by atoms with Gasteiger partial charge in [0.15, 0.2) is 11.6 Å². The van der Waals surface area contributed by atoms with Crippen LogP contribution in [0.15, 0.2) is 33.2 Å². The van der Waals surface area contributed by atoms with Crippen molar-refractivity contribution in [2.75, 3.05) is 5.73 Å². The highest BCUT2D eigenvalue weighted by molar-refractivity contribution is 5.83. The van der Waals surface area contributed by atoms with Crippen molar-refractivity contribution in [2.45, 2.75) is 27.2 Å².